The van der Waals surface area contributed by atoms with E-state index in [2.05, 4.69) is 47.1 Å². The van der Waals surface area contributed by atoms with Gasteiger partial charge in [-0.05, 0) is 51.7 Å². The molecule has 1 aliphatic rings. The lowest BCUT2D eigenvalue weighted by Crippen LogP contribution is -2.39. The van der Waals surface area contributed by atoms with Crippen LogP contribution in [0.25, 0.3) is 0 Å². The standard InChI is InChI=1S/C20H32N4O2.HI/c1-5-21-18(22-11-8-12-23-19(25)26-20(2,3)4)24-14-16-13-15-9-6-7-10-17(15)16;/h6-7,9-10,16H,5,8,11-14H2,1-4H3,(H,23,25)(H2,21,22,24);1H. The molecule has 0 fully saturated rings. The summed E-state index contributed by atoms with van der Waals surface area (Å²) in [5, 5.41) is 9.35. The number of benzene rings is 1. The third kappa shape index (κ3) is 8.36. The first-order valence-electron chi connectivity index (χ1n) is 9.46. The van der Waals surface area contributed by atoms with Crippen LogP contribution in [0.1, 0.15) is 51.2 Å². The predicted octanol–water partition coefficient (Wildman–Crippen LogP) is 3.41. The van der Waals surface area contributed by atoms with Gasteiger partial charge in [0, 0.05) is 32.1 Å². The van der Waals surface area contributed by atoms with Crippen LogP contribution in [0.2, 0.25) is 0 Å². The molecule has 1 unspecified atom stereocenters. The average molecular weight is 488 g/mol. The van der Waals surface area contributed by atoms with Gasteiger partial charge in [-0.25, -0.2) is 4.79 Å². The van der Waals surface area contributed by atoms with Crippen LogP contribution in [-0.2, 0) is 11.2 Å². The third-order valence-corrected chi connectivity index (χ3v) is 4.09. The average Bonchev–Trinajstić information content (AvgIpc) is 2.53. The zero-order chi connectivity index (χ0) is 19.0. The first kappa shape index (κ1) is 23.5. The molecule has 6 nitrogen and oxygen atoms in total. The van der Waals surface area contributed by atoms with Gasteiger partial charge >= 0.3 is 6.09 Å². The van der Waals surface area contributed by atoms with Gasteiger partial charge in [-0.3, -0.25) is 4.99 Å². The molecule has 0 spiro atoms. The van der Waals surface area contributed by atoms with Crippen LogP contribution in [0.5, 0.6) is 0 Å². The molecule has 0 radical (unpaired) electrons. The van der Waals surface area contributed by atoms with Gasteiger partial charge in [0.25, 0.3) is 0 Å². The number of aliphatic imine (C=N–C) groups is 1. The summed E-state index contributed by atoms with van der Waals surface area (Å²) in [5.41, 5.74) is 2.40. The summed E-state index contributed by atoms with van der Waals surface area (Å²) in [6.07, 6.45) is 1.54. The van der Waals surface area contributed by atoms with Crippen LogP contribution < -0.4 is 16.0 Å². The first-order valence-corrected chi connectivity index (χ1v) is 9.46. The van der Waals surface area contributed by atoms with Crippen molar-refractivity contribution in [3.05, 3.63) is 35.4 Å². The Hall–Kier alpha value is -1.51. The highest BCUT2D eigenvalue weighted by Crippen LogP contribution is 2.34. The fraction of sp³-hybridized carbons (Fsp3) is 0.600. The number of hydrogen-bond donors (Lipinski definition) is 3. The Morgan fingerprint density at radius 1 is 1.19 bits per heavy atom. The minimum atomic E-state index is -0.465. The second kappa shape index (κ2) is 11.4. The summed E-state index contributed by atoms with van der Waals surface area (Å²) in [7, 11) is 0. The molecule has 27 heavy (non-hydrogen) atoms. The van der Waals surface area contributed by atoms with Gasteiger partial charge in [-0.1, -0.05) is 24.3 Å². The van der Waals surface area contributed by atoms with Gasteiger partial charge in [-0.15, -0.1) is 24.0 Å². The molecule has 0 bridgehead atoms. The molecule has 3 N–H and O–H groups in total. The highest BCUT2D eigenvalue weighted by Gasteiger charge is 2.24. The Labute approximate surface area is 179 Å². The van der Waals surface area contributed by atoms with Crippen LogP contribution in [-0.4, -0.2) is 43.8 Å². The minimum Gasteiger partial charge on any atom is -0.444 e. The summed E-state index contributed by atoms with van der Waals surface area (Å²) >= 11 is 0. The highest BCUT2D eigenvalue weighted by atomic mass is 127. The fourth-order valence-corrected chi connectivity index (χ4v) is 2.87. The number of guanidine groups is 1. The van der Waals surface area contributed by atoms with E-state index < -0.39 is 5.60 Å². The van der Waals surface area contributed by atoms with Crippen molar-refractivity contribution in [2.24, 2.45) is 4.99 Å². The van der Waals surface area contributed by atoms with E-state index in [-0.39, 0.29) is 30.1 Å². The maximum Gasteiger partial charge on any atom is 0.407 e. The number of carbonyl (C=O) groups is 1. The number of nitrogens with one attached hydrogen (secondary N) is 3. The smallest absolute Gasteiger partial charge is 0.407 e. The number of ether oxygens (including phenoxy) is 1. The first-order chi connectivity index (χ1) is 12.4. The molecule has 0 aliphatic heterocycles. The Balaban J connectivity index is 0.00000364. The Bertz CT molecular complexity index is 629. The van der Waals surface area contributed by atoms with Crippen LogP contribution in [0.4, 0.5) is 4.79 Å². The molecule has 0 saturated heterocycles. The summed E-state index contributed by atoms with van der Waals surface area (Å²) in [6.45, 7) is 10.5. The van der Waals surface area contributed by atoms with Crippen molar-refractivity contribution in [3.8, 4) is 0 Å². The molecule has 7 heteroatoms. The number of alkyl carbamates (subject to hydrolysis) is 1. The quantitative estimate of drug-likeness (QED) is 0.238. The van der Waals surface area contributed by atoms with E-state index in [0.717, 1.165) is 38.4 Å². The predicted molar refractivity (Wildman–Crippen MR) is 121 cm³/mol. The van der Waals surface area contributed by atoms with Crippen LogP contribution >= 0.6 is 24.0 Å². The molecular weight excluding hydrogens is 455 g/mol. The highest BCUT2D eigenvalue weighted by molar-refractivity contribution is 14.0. The Morgan fingerprint density at radius 2 is 1.89 bits per heavy atom. The summed E-state index contributed by atoms with van der Waals surface area (Å²) in [5.74, 6) is 1.35. The number of rotatable bonds is 7. The molecule has 152 valence electrons. The molecule has 0 heterocycles. The van der Waals surface area contributed by atoms with Crippen LogP contribution in [0, 0.1) is 0 Å². The van der Waals surface area contributed by atoms with Crippen LogP contribution in [0.15, 0.2) is 29.3 Å². The summed E-state index contributed by atoms with van der Waals surface area (Å²) < 4.78 is 5.21. The molecule has 1 aromatic rings. The lowest BCUT2D eigenvalue weighted by Gasteiger charge is -2.29. The van der Waals surface area contributed by atoms with Gasteiger partial charge in [-0.2, -0.15) is 0 Å². The van der Waals surface area contributed by atoms with Gasteiger partial charge in [0.1, 0.15) is 5.60 Å². The van der Waals surface area contributed by atoms with E-state index in [0.29, 0.717) is 12.5 Å². The topological polar surface area (TPSA) is 74.8 Å². The SMILES string of the molecule is CCNC(=NCC1Cc2ccccc21)NCCCNC(=O)OC(C)(C)C.I. The number of nitrogens with zero attached hydrogens (tertiary/aromatic N) is 1. The Kier molecular flexibility index (Phi) is 9.90. The van der Waals surface area contributed by atoms with E-state index in [4.69, 9.17) is 9.73 Å². The lowest BCUT2D eigenvalue weighted by molar-refractivity contribution is 0.0527. The molecule has 2 rings (SSSR count). The van der Waals surface area contributed by atoms with Crippen molar-refractivity contribution >= 4 is 36.0 Å². The van der Waals surface area contributed by atoms with E-state index in [9.17, 15) is 4.79 Å². The maximum atomic E-state index is 11.6. The fourth-order valence-electron chi connectivity index (χ4n) is 2.87. The van der Waals surface area contributed by atoms with Crippen LogP contribution in [0.3, 0.4) is 0 Å². The van der Waals surface area contributed by atoms with Gasteiger partial charge in [0.05, 0.1) is 0 Å². The van der Waals surface area contributed by atoms with E-state index in [1.54, 1.807) is 0 Å². The second-order valence-electron chi connectivity index (χ2n) is 7.53. The summed E-state index contributed by atoms with van der Waals surface area (Å²) in [6, 6.07) is 8.57. The largest absolute Gasteiger partial charge is 0.444 e. The zero-order valence-electron chi connectivity index (χ0n) is 16.8. The van der Waals surface area contributed by atoms with E-state index in [1.165, 1.54) is 11.1 Å². The van der Waals surface area contributed by atoms with Crippen molar-refractivity contribution in [1.29, 1.82) is 0 Å². The van der Waals surface area contributed by atoms with Crippen molar-refractivity contribution in [1.82, 2.24) is 16.0 Å². The van der Waals surface area contributed by atoms with E-state index in [1.807, 2.05) is 20.8 Å². The van der Waals surface area contributed by atoms with Gasteiger partial charge in [0.2, 0.25) is 0 Å². The molecule has 0 aromatic heterocycles. The number of amides is 1. The minimum absolute atomic E-state index is 0. The van der Waals surface area contributed by atoms with Crippen molar-refractivity contribution in [2.75, 3.05) is 26.2 Å². The molecule has 1 aliphatic carbocycles. The number of halogens is 1. The van der Waals surface area contributed by atoms with Crippen molar-refractivity contribution in [3.63, 3.8) is 0 Å². The zero-order valence-corrected chi connectivity index (χ0v) is 19.1. The molecule has 1 amide bonds. The monoisotopic (exact) mass is 488 g/mol. The van der Waals surface area contributed by atoms with Gasteiger partial charge < -0.3 is 20.7 Å². The molecule has 0 saturated carbocycles. The van der Waals surface area contributed by atoms with E-state index >= 15 is 0 Å². The molecule has 1 aromatic carbocycles. The van der Waals surface area contributed by atoms with Gasteiger partial charge in [0.15, 0.2) is 5.96 Å². The number of fused-ring (bicyclic) bond motifs is 1. The number of carbonyl (C=O) groups excluding carboxylic acids is 1. The van der Waals surface area contributed by atoms with Crippen molar-refractivity contribution < 1.29 is 9.53 Å². The maximum absolute atomic E-state index is 11.6. The normalized spacial score (nSPS) is 15.7. The van der Waals surface area contributed by atoms with Crippen molar-refractivity contribution in [2.45, 2.75) is 52.1 Å². The number of hydrogen-bond acceptors (Lipinski definition) is 3. The third-order valence-electron chi connectivity index (χ3n) is 4.09. The summed E-state index contributed by atoms with van der Waals surface area (Å²) in [4.78, 5) is 16.3. The second-order valence-corrected chi connectivity index (χ2v) is 7.53. The molecular formula is C20H33IN4O2. The lowest BCUT2D eigenvalue weighted by atomic mass is 9.78. The Morgan fingerprint density at radius 3 is 2.56 bits per heavy atom. The molecule has 1 atom stereocenters.